The third kappa shape index (κ3) is 8.53. The van der Waals surface area contributed by atoms with Crippen LogP contribution >= 0.6 is 7.92 Å². The van der Waals surface area contributed by atoms with Gasteiger partial charge in [0.2, 0.25) is 0 Å². The van der Waals surface area contributed by atoms with Crippen molar-refractivity contribution in [1.29, 1.82) is 0 Å². The maximum absolute atomic E-state index is 2.39. The Bertz CT molecular complexity index is 304. The molecule has 0 aromatic rings. The number of nitrogens with zero attached hydrogens (tertiary/aromatic N) is 1. The van der Waals surface area contributed by atoms with E-state index in [0.29, 0.717) is 10.3 Å². The normalized spacial score (nSPS) is 20.2. The molecule has 2 saturated carbocycles. The van der Waals surface area contributed by atoms with Crippen LogP contribution in [0.1, 0.15) is 41.5 Å². The first-order valence-corrected chi connectivity index (χ1v) is 9.74. The van der Waals surface area contributed by atoms with Crippen molar-refractivity contribution in [2.45, 2.75) is 51.9 Å². The molecule has 0 amide bonds. The molecule has 2 fully saturated rings. The van der Waals surface area contributed by atoms with E-state index in [0.717, 1.165) is 6.54 Å². The molecule has 0 aromatic carbocycles. The van der Waals surface area contributed by atoms with Gasteiger partial charge in [0.1, 0.15) is 0 Å². The van der Waals surface area contributed by atoms with Crippen LogP contribution in [0.4, 0.5) is 0 Å². The van der Waals surface area contributed by atoms with Gasteiger partial charge >= 0.3 is 17.1 Å². The van der Waals surface area contributed by atoms with Crippen LogP contribution in [0, 0.1) is 62.9 Å². The fourth-order valence-electron chi connectivity index (χ4n) is 3.19. The van der Waals surface area contributed by atoms with Crippen molar-refractivity contribution < 1.29 is 17.1 Å². The molecule has 0 heterocycles. The average molecular weight is 387 g/mol. The summed E-state index contributed by atoms with van der Waals surface area (Å²) in [6.07, 6.45) is 16.9. The SMILES string of the molecule is CN(C)C[C]1[CH][CH][CH][C]1P(C(C)(C)C)C(C)(C)C.[CH]1[CH][CH][CH][CH]1.[Fe+2]. The van der Waals surface area contributed by atoms with Gasteiger partial charge in [-0.15, -0.1) is 0 Å². The molecule has 2 aliphatic carbocycles. The second-order valence-corrected chi connectivity index (χ2v) is 12.1. The second kappa shape index (κ2) is 10.9. The summed E-state index contributed by atoms with van der Waals surface area (Å²) in [5.74, 6) is 1.51. The first-order valence-electron chi connectivity index (χ1n) is 8.40. The zero-order valence-electron chi connectivity index (χ0n) is 16.6. The topological polar surface area (TPSA) is 3.24 Å². The molecule has 0 atom stereocenters. The maximum Gasteiger partial charge on any atom is 2.00 e. The summed E-state index contributed by atoms with van der Waals surface area (Å²) >= 11 is 0. The fourth-order valence-corrected chi connectivity index (χ4v) is 7.32. The standard InChI is InChI=1S/C16H29NP.C5H5.Fe/c1-15(2,3)18(16(4,5)6)14-11-9-10-13(14)12-17(7)8;1-2-4-5-3-1;/h9-11H,12H2,1-8H3;1-5H;/q;;+2. The predicted octanol–water partition coefficient (Wildman–Crippen LogP) is 5.38. The Morgan fingerprint density at radius 2 is 1.17 bits per heavy atom. The molecular formula is C21H34FeNP+2. The molecule has 0 unspecified atom stereocenters. The third-order valence-corrected chi connectivity index (χ3v) is 7.11. The molecule has 0 bridgehead atoms. The molecule has 2 aliphatic rings. The van der Waals surface area contributed by atoms with Gasteiger partial charge in [-0.2, -0.15) is 0 Å². The van der Waals surface area contributed by atoms with E-state index in [-0.39, 0.29) is 25.0 Å². The van der Waals surface area contributed by atoms with Gasteiger partial charge in [0, 0.05) is 18.1 Å². The maximum atomic E-state index is 2.39. The van der Waals surface area contributed by atoms with E-state index in [1.807, 2.05) is 32.1 Å². The smallest absolute Gasteiger partial charge is 0.309 e. The van der Waals surface area contributed by atoms with Crippen LogP contribution in [0.5, 0.6) is 0 Å². The van der Waals surface area contributed by atoms with Crippen LogP contribution in [0.15, 0.2) is 0 Å². The molecule has 0 N–H and O–H groups in total. The van der Waals surface area contributed by atoms with E-state index in [1.165, 1.54) is 5.92 Å². The summed E-state index contributed by atoms with van der Waals surface area (Å²) in [5, 5.41) is 0.700. The van der Waals surface area contributed by atoms with Crippen molar-refractivity contribution in [3.63, 3.8) is 0 Å². The van der Waals surface area contributed by atoms with Crippen molar-refractivity contribution in [3.8, 4) is 0 Å². The Kier molecular flexibility index (Phi) is 11.3. The number of hydrogen-bond acceptors (Lipinski definition) is 1. The summed E-state index contributed by atoms with van der Waals surface area (Å²) in [7, 11) is 4.11. The summed E-state index contributed by atoms with van der Waals surface area (Å²) in [4.78, 5) is 2.26. The molecule has 1 nitrogen and oxygen atoms in total. The van der Waals surface area contributed by atoms with Crippen molar-refractivity contribution in [3.05, 3.63) is 62.9 Å². The molecule has 3 heteroatoms. The Labute approximate surface area is 165 Å². The third-order valence-electron chi connectivity index (χ3n) is 3.51. The van der Waals surface area contributed by atoms with Gasteiger partial charge in [-0.3, -0.25) is 0 Å². The Morgan fingerprint density at radius 3 is 1.50 bits per heavy atom. The van der Waals surface area contributed by atoms with Crippen LogP contribution in [0.3, 0.4) is 0 Å². The molecule has 10 radical (unpaired) electrons. The Balaban J connectivity index is 0.000000751. The van der Waals surface area contributed by atoms with E-state index in [9.17, 15) is 0 Å². The summed E-state index contributed by atoms with van der Waals surface area (Å²) < 4.78 is 0. The molecule has 2 rings (SSSR count). The zero-order chi connectivity index (χ0) is 17.7. The molecule has 0 saturated heterocycles. The average Bonchev–Trinajstić information content (AvgIpc) is 3.00. The first kappa shape index (κ1) is 24.9. The minimum absolute atomic E-state index is 0. The Morgan fingerprint density at radius 1 is 0.750 bits per heavy atom. The van der Waals surface area contributed by atoms with Gasteiger partial charge in [0.05, 0.1) is 0 Å². The van der Waals surface area contributed by atoms with E-state index < -0.39 is 0 Å². The monoisotopic (exact) mass is 387 g/mol. The van der Waals surface area contributed by atoms with Gasteiger partial charge in [0.15, 0.2) is 0 Å². The van der Waals surface area contributed by atoms with Gasteiger partial charge in [0.25, 0.3) is 0 Å². The van der Waals surface area contributed by atoms with Gasteiger partial charge in [-0.1, -0.05) is 49.5 Å². The van der Waals surface area contributed by atoms with Crippen LogP contribution in [-0.2, 0) is 17.1 Å². The summed E-state index contributed by atoms with van der Waals surface area (Å²) in [6, 6.07) is 0. The molecule has 0 aliphatic heterocycles. The second-order valence-electron chi connectivity index (χ2n) is 8.31. The van der Waals surface area contributed by atoms with Crippen LogP contribution in [-0.4, -0.2) is 35.9 Å². The minimum Gasteiger partial charge on any atom is -0.309 e. The Hall–Kier alpha value is 0.909. The van der Waals surface area contributed by atoms with Crippen LogP contribution < -0.4 is 0 Å². The van der Waals surface area contributed by atoms with Crippen LogP contribution in [0.2, 0.25) is 0 Å². The van der Waals surface area contributed by atoms with Crippen LogP contribution in [0.25, 0.3) is 0 Å². The van der Waals surface area contributed by atoms with E-state index in [2.05, 4.69) is 79.8 Å². The van der Waals surface area contributed by atoms with Crippen molar-refractivity contribution >= 4 is 7.92 Å². The van der Waals surface area contributed by atoms with E-state index in [4.69, 9.17) is 0 Å². The molecule has 0 aromatic heterocycles. The van der Waals surface area contributed by atoms with Gasteiger partial charge < -0.3 is 4.90 Å². The number of hydrogen-bond donors (Lipinski definition) is 0. The summed E-state index contributed by atoms with van der Waals surface area (Å²) in [5.41, 5.74) is 1.60. The molecule has 24 heavy (non-hydrogen) atoms. The predicted molar refractivity (Wildman–Crippen MR) is 106 cm³/mol. The van der Waals surface area contributed by atoms with Crippen molar-refractivity contribution in [2.24, 2.45) is 0 Å². The van der Waals surface area contributed by atoms with Gasteiger partial charge in [-0.05, 0) is 75.8 Å². The quantitative estimate of drug-likeness (QED) is 0.464. The molecular weight excluding hydrogens is 353 g/mol. The molecule has 0 spiro atoms. The fraction of sp³-hybridized carbons (Fsp3) is 0.524. The van der Waals surface area contributed by atoms with Crippen molar-refractivity contribution in [1.82, 2.24) is 4.90 Å². The van der Waals surface area contributed by atoms with E-state index >= 15 is 0 Å². The van der Waals surface area contributed by atoms with E-state index in [1.54, 1.807) is 5.66 Å². The number of rotatable bonds is 3. The van der Waals surface area contributed by atoms with Gasteiger partial charge in [-0.25, -0.2) is 0 Å². The first-order chi connectivity index (χ1) is 10.5. The summed E-state index contributed by atoms with van der Waals surface area (Å²) in [6.45, 7) is 15.4. The minimum atomic E-state index is -0.179. The largest absolute Gasteiger partial charge is 2.00 e. The zero-order valence-corrected chi connectivity index (χ0v) is 18.6. The van der Waals surface area contributed by atoms with Crippen molar-refractivity contribution in [2.75, 3.05) is 20.6 Å². The molecule has 134 valence electrons.